The first kappa shape index (κ1) is 19.5. The predicted molar refractivity (Wildman–Crippen MR) is 78.4 cm³/mol. The fraction of sp³-hybridized carbons (Fsp3) is 0.929. The summed E-state index contributed by atoms with van der Waals surface area (Å²) in [5.74, 6) is -0.295. The highest BCUT2D eigenvalue weighted by molar-refractivity contribution is 7.32. The molecular formula is C14H28O5P+. The van der Waals surface area contributed by atoms with E-state index in [1.807, 2.05) is 27.7 Å². The molecule has 0 aromatic heterocycles. The Bertz CT molecular complexity index is 354. The van der Waals surface area contributed by atoms with Crippen molar-refractivity contribution < 1.29 is 23.5 Å². The number of esters is 1. The van der Waals surface area contributed by atoms with Crippen LogP contribution in [0.25, 0.3) is 0 Å². The van der Waals surface area contributed by atoms with Gasteiger partial charge in [-0.3, -0.25) is 4.79 Å². The van der Waals surface area contributed by atoms with Crippen LogP contribution in [0.3, 0.4) is 0 Å². The summed E-state index contributed by atoms with van der Waals surface area (Å²) in [6.45, 7) is 14.1. The van der Waals surface area contributed by atoms with Gasteiger partial charge in [-0.15, -0.1) is 9.42 Å². The first-order valence-electron chi connectivity index (χ1n) is 6.76. The average molecular weight is 307 g/mol. The Morgan fingerprint density at radius 3 is 1.90 bits per heavy atom. The van der Waals surface area contributed by atoms with E-state index >= 15 is 0 Å². The fourth-order valence-electron chi connectivity index (χ4n) is 2.11. The summed E-state index contributed by atoms with van der Waals surface area (Å²) in [5.41, 5.74) is -0.890. The molecule has 5 nitrogen and oxygen atoms in total. The molecule has 2 unspecified atom stereocenters. The average Bonchev–Trinajstić information content (AvgIpc) is 2.19. The van der Waals surface area contributed by atoms with Crippen LogP contribution in [0.15, 0.2) is 0 Å². The molecule has 0 aliphatic heterocycles. The van der Waals surface area contributed by atoms with Crippen molar-refractivity contribution in [2.24, 2.45) is 16.2 Å². The van der Waals surface area contributed by atoms with Crippen molar-refractivity contribution in [3.63, 3.8) is 0 Å². The molecule has 2 atom stereocenters. The molecule has 1 N–H and O–H groups in total. The van der Waals surface area contributed by atoms with Gasteiger partial charge in [-0.25, -0.2) is 0 Å². The van der Waals surface area contributed by atoms with Crippen LogP contribution in [0, 0.1) is 16.2 Å². The predicted octanol–water partition coefficient (Wildman–Crippen LogP) is 3.68. The molecule has 0 aromatic carbocycles. The Morgan fingerprint density at radius 2 is 1.55 bits per heavy atom. The summed E-state index contributed by atoms with van der Waals surface area (Å²) >= 11 is 0. The van der Waals surface area contributed by atoms with Gasteiger partial charge in [0.1, 0.15) is 13.2 Å². The summed E-state index contributed by atoms with van der Waals surface area (Å²) in [7, 11) is -2.65. The molecule has 0 spiro atoms. The van der Waals surface area contributed by atoms with Gasteiger partial charge in [0.05, 0.1) is 5.41 Å². The topological polar surface area (TPSA) is 72.8 Å². The molecule has 0 radical (unpaired) electrons. The number of rotatable bonds is 6. The van der Waals surface area contributed by atoms with Gasteiger partial charge in [0.25, 0.3) is 0 Å². The minimum absolute atomic E-state index is 0.00795. The highest BCUT2D eigenvalue weighted by Gasteiger charge is 2.47. The van der Waals surface area contributed by atoms with Gasteiger partial charge in [0.15, 0.2) is 0 Å². The summed E-state index contributed by atoms with van der Waals surface area (Å²) in [6, 6.07) is 0. The summed E-state index contributed by atoms with van der Waals surface area (Å²) in [4.78, 5) is 20.9. The summed E-state index contributed by atoms with van der Waals surface area (Å²) in [5, 5.41) is 0. The van der Waals surface area contributed by atoms with Gasteiger partial charge in [-0.1, -0.05) is 41.5 Å². The molecule has 0 aliphatic carbocycles. The van der Waals surface area contributed by atoms with E-state index in [9.17, 15) is 9.36 Å². The van der Waals surface area contributed by atoms with E-state index in [4.69, 9.17) is 9.63 Å². The summed E-state index contributed by atoms with van der Waals surface area (Å²) < 4.78 is 20.1. The molecule has 0 heterocycles. The molecule has 0 aromatic rings. The maximum Gasteiger partial charge on any atom is 0.694 e. The van der Waals surface area contributed by atoms with Crippen molar-refractivity contribution in [1.82, 2.24) is 0 Å². The molecule has 6 heteroatoms. The van der Waals surface area contributed by atoms with E-state index < -0.39 is 13.7 Å². The lowest BCUT2D eigenvalue weighted by atomic mass is 9.61. The van der Waals surface area contributed by atoms with Crippen molar-refractivity contribution in [2.75, 3.05) is 13.2 Å². The van der Waals surface area contributed by atoms with Gasteiger partial charge in [-0.05, 0) is 24.2 Å². The number of hydrogen-bond donors (Lipinski definition) is 1. The van der Waals surface area contributed by atoms with E-state index in [1.54, 1.807) is 0 Å². The molecule has 0 aliphatic rings. The zero-order valence-electron chi connectivity index (χ0n) is 13.6. The second kappa shape index (κ2) is 6.97. The number of hydrogen-bond acceptors (Lipinski definition) is 4. The van der Waals surface area contributed by atoms with E-state index in [0.717, 1.165) is 0 Å². The quantitative estimate of drug-likeness (QED) is 0.460. The van der Waals surface area contributed by atoms with E-state index in [2.05, 4.69) is 25.3 Å². The third-order valence-electron chi connectivity index (χ3n) is 3.51. The maximum atomic E-state index is 12.4. The Balaban J connectivity index is 4.80. The molecular weight excluding hydrogens is 279 g/mol. The first-order valence-corrected chi connectivity index (χ1v) is 7.89. The zero-order chi connectivity index (χ0) is 16.2. The van der Waals surface area contributed by atoms with Crippen molar-refractivity contribution in [3.8, 4) is 0 Å². The van der Waals surface area contributed by atoms with Crippen LogP contribution in [-0.4, -0.2) is 24.1 Å². The van der Waals surface area contributed by atoms with Crippen LogP contribution < -0.4 is 0 Å². The van der Waals surface area contributed by atoms with E-state index in [-0.39, 0.29) is 30.0 Å². The van der Waals surface area contributed by atoms with Gasteiger partial charge < -0.3 is 4.74 Å². The Kier molecular flexibility index (Phi) is 6.79. The monoisotopic (exact) mass is 307 g/mol. The third kappa shape index (κ3) is 6.29. The minimum atomic E-state index is -2.65. The van der Waals surface area contributed by atoms with Crippen LogP contribution in [0.5, 0.6) is 0 Å². The molecule has 0 amide bonds. The number of carbonyl (C=O) groups is 1. The molecule has 118 valence electrons. The lowest BCUT2D eigenvalue weighted by Gasteiger charge is -2.43. The van der Waals surface area contributed by atoms with Crippen LogP contribution >= 0.6 is 8.25 Å². The number of carbonyl (C=O) groups excluding carboxylic acids is 1. The van der Waals surface area contributed by atoms with Gasteiger partial charge in [0, 0.05) is 4.57 Å². The normalized spacial score (nSPS) is 16.5. The first-order chi connectivity index (χ1) is 8.79. The van der Waals surface area contributed by atoms with Crippen molar-refractivity contribution in [3.05, 3.63) is 0 Å². The molecule has 0 fully saturated rings. The van der Waals surface area contributed by atoms with Gasteiger partial charge in [-0.2, -0.15) is 0 Å². The number of ether oxygens (including phenoxy) is 1. The summed E-state index contributed by atoms with van der Waals surface area (Å²) in [6.07, 6.45) is 0.692. The molecule has 0 bridgehead atoms. The van der Waals surface area contributed by atoms with Crippen LogP contribution in [-0.2, 0) is 18.6 Å². The Morgan fingerprint density at radius 1 is 1.05 bits per heavy atom. The van der Waals surface area contributed by atoms with Crippen LogP contribution in [0.2, 0.25) is 0 Å². The molecule has 0 saturated heterocycles. The van der Waals surface area contributed by atoms with Gasteiger partial charge in [0.2, 0.25) is 0 Å². The Labute approximate surface area is 123 Å². The molecule has 0 rings (SSSR count). The van der Waals surface area contributed by atoms with E-state index in [1.165, 1.54) is 0 Å². The van der Waals surface area contributed by atoms with Crippen LogP contribution in [0.1, 0.15) is 54.9 Å². The SMILES string of the molecule is CC(C)(C)CC(C)(C(=O)OCCO[P+](=O)O)C(C)(C)C. The second-order valence-electron chi connectivity index (χ2n) is 7.53. The van der Waals surface area contributed by atoms with E-state index in [0.29, 0.717) is 6.42 Å². The van der Waals surface area contributed by atoms with Crippen LogP contribution in [0.4, 0.5) is 0 Å². The van der Waals surface area contributed by atoms with Gasteiger partial charge >= 0.3 is 14.2 Å². The van der Waals surface area contributed by atoms with Crippen molar-refractivity contribution in [2.45, 2.75) is 54.9 Å². The minimum Gasteiger partial charge on any atom is -0.463 e. The standard InChI is InChI=1S/C14H27O5P/c1-12(2,3)10-14(7,13(4,5)6)11(15)18-8-9-19-20(16)17/h8-10H2,1-7H3/p+1. The molecule has 0 saturated carbocycles. The van der Waals surface area contributed by atoms with Crippen molar-refractivity contribution >= 4 is 14.2 Å². The smallest absolute Gasteiger partial charge is 0.463 e. The third-order valence-corrected chi connectivity index (χ3v) is 3.91. The fourth-order valence-corrected chi connectivity index (χ4v) is 2.34. The largest absolute Gasteiger partial charge is 0.694 e. The highest BCUT2D eigenvalue weighted by Crippen LogP contribution is 2.47. The second-order valence-corrected chi connectivity index (χ2v) is 8.26. The zero-order valence-corrected chi connectivity index (χ0v) is 14.5. The lowest BCUT2D eigenvalue weighted by Crippen LogP contribution is -2.44. The maximum absolute atomic E-state index is 12.4. The Hall–Kier alpha value is -0.510. The lowest BCUT2D eigenvalue weighted by molar-refractivity contribution is -0.165. The van der Waals surface area contributed by atoms with Crippen molar-refractivity contribution in [1.29, 1.82) is 0 Å². The molecule has 20 heavy (non-hydrogen) atoms. The highest BCUT2D eigenvalue weighted by atomic mass is 31.1.